The Morgan fingerprint density at radius 1 is 1.26 bits per heavy atom. The number of ether oxygens (including phenoxy) is 1. The van der Waals surface area contributed by atoms with Crippen LogP contribution in [0.1, 0.15) is 28.9 Å². The number of rotatable bonds is 3. The number of nitriles is 1. The van der Waals surface area contributed by atoms with Gasteiger partial charge in [0.25, 0.3) is 11.8 Å². The Balaban J connectivity index is 1.69. The molecule has 6 heteroatoms. The van der Waals surface area contributed by atoms with Gasteiger partial charge in [0.15, 0.2) is 0 Å². The molecule has 0 N–H and O–H groups in total. The van der Waals surface area contributed by atoms with Crippen molar-refractivity contribution in [2.24, 2.45) is 0 Å². The summed E-state index contributed by atoms with van der Waals surface area (Å²) in [6.07, 6.45) is 4.44. The topological polar surface area (TPSA) is 79.1 Å². The molecule has 1 aromatic carbocycles. The van der Waals surface area contributed by atoms with Crippen LogP contribution in [0, 0.1) is 11.3 Å². The Morgan fingerprint density at radius 2 is 2.04 bits per heavy atom. The highest BCUT2D eigenvalue weighted by molar-refractivity contribution is 5.94. The lowest BCUT2D eigenvalue weighted by molar-refractivity contribution is 0.0526. The maximum atomic E-state index is 12.5. The van der Waals surface area contributed by atoms with E-state index >= 15 is 0 Å². The average molecular weight is 308 g/mol. The summed E-state index contributed by atoms with van der Waals surface area (Å²) >= 11 is 0. The molecule has 1 aromatic heterocycles. The number of nitrogens with zero attached hydrogens (tertiary/aromatic N) is 4. The quantitative estimate of drug-likeness (QED) is 0.867. The van der Waals surface area contributed by atoms with Gasteiger partial charge in [0.2, 0.25) is 5.69 Å². The Hall–Kier alpha value is -2.94. The highest BCUT2D eigenvalue weighted by Gasteiger charge is 2.26. The molecule has 116 valence electrons. The number of likely N-dealkylation sites (tertiary alicyclic amines) is 1. The molecule has 2 aromatic rings. The van der Waals surface area contributed by atoms with E-state index in [1.54, 1.807) is 4.90 Å². The van der Waals surface area contributed by atoms with Crippen molar-refractivity contribution in [2.45, 2.75) is 18.9 Å². The van der Waals surface area contributed by atoms with Crippen molar-refractivity contribution >= 4 is 5.91 Å². The minimum atomic E-state index is -0.180. The third kappa shape index (κ3) is 3.46. The summed E-state index contributed by atoms with van der Waals surface area (Å²) in [6.45, 7) is 1.19. The number of amides is 1. The van der Waals surface area contributed by atoms with Gasteiger partial charge in [-0.2, -0.15) is 5.26 Å². The molecule has 0 radical (unpaired) electrons. The van der Waals surface area contributed by atoms with Crippen LogP contribution in [0.3, 0.4) is 0 Å². The predicted molar refractivity (Wildman–Crippen MR) is 82.7 cm³/mol. The van der Waals surface area contributed by atoms with Crippen LogP contribution < -0.4 is 4.74 Å². The first-order valence-corrected chi connectivity index (χ1v) is 7.50. The molecule has 0 saturated carbocycles. The van der Waals surface area contributed by atoms with Gasteiger partial charge in [-0.3, -0.25) is 4.79 Å². The zero-order chi connectivity index (χ0) is 16.1. The molecule has 2 heterocycles. The van der Waals surface area contributed by atoms with E-state index in [1.807, 2.05) is 36.4 Å². The Kier molecular flexibility index (Phi) is 4.48. The Morgan fingerprint density at radius 3 is 2.83 bits per heavy atom. The van der Waals surface area contributed by atoms with Crippen LogP contribution in [0.4, 0.5) is 0 Å². The third-order valence-electron chi connectivity index (χ3n) is 3.73. The maximum Gasteiger partial charge on any atom is 0.253 e. The van der Waals surface area contributed by atoms with Crippen molar-refractivity contribution in [1.82, 2.24) is 14.9 Å². The van der Waals surface area contributed by atoms with Gasteiger partial charge in [-0.15, -0.1) is 0 Å². The Labute approximate surface area is 134 Å². The summed E-state index contributed by atoms with van der Waals surface area (Å²) in [4.78, 5) is 22.3. The molecular formula is C17H16N4O2. The van der Waals surface area contributed by atoms with Crippen LogP contribution in [0.2, 0.25) is 0 Å². The molecule has 23 heavy (non-hydrogen) atoms. The van der Waals surface area contributed by atoms with Crippen LogP contribution >= 0.6 is 0 Å². The van der Waals surface area contributed by atoms with Crippen molar-refractivity contribution in [3.63, 3.8) is 0 Å². The number of aromatic nitrogens is 2. The summed E-state index contributed by atoms with van der Waals surface area (Å²) in [5, 5.41) is 9.04. The minimum absolute atomic E-state index is 0.00134. The number of carbonyl (C=O) groups is 1. The normalized spacial score (nSPS) is 17.3. The highest BCUT2D eigenvalue weighted by Crippen LogP contribution is 2.19. The lowest BCUT2D eigenvalue weighted by Crippen LogP contribution is -2.44. The number of hydrogen-bond acceptors (Lipinski definition) is 5. The van der Waals surface area contributed by atoms with E-state index in [4.69, 9.17) is 10.00 Å². The van der Waals surface area contributed by atoms with E-state index in [1.165, 1.54) is 12.4 Å². The molecule has 1 saturated heterocycles. The fourth-order valence-corrected chi connectivity index (χ4v) is 2.63. The van der Waals surface area contributed by atoms with Gasteiger partial charge in [0, 0.05) is 24.5 Å². The standard InChI is InChI=1S/C17H16N4O2/c18-11-15-16(20-9-8-19-15)23-14-7-4-10-21(12-14)17(22)13-5-2-1-3-6-13/h1-3,5-6,8-9,14H,4,7,10,12H2/t14-/m0/s1. The molecule has 1 atom stereocenters. The lowest BCUT2D eigenvalue weighted by Gasteiger charge is -2.32. The number of piperidine rings is 1. The zero-order valence-corrected chi connectivity index (χ0v) is 12.6. The molecule has 6 nitrogen and oxygen atoms in total. The lowest BCUT2D eigenvalue weighted by atomic mass is 10.1. The predicted octanol–water partition coefficient (Wildman–Crippen LogP) is 2.03. The smallest absolute Gasteiger partial charge is 0.253 e. The SMILES string of the molecule is N#Cc1nccnc1O[C@H]1CCCN(C(=O)c2ccccc2)C1. The van der Waals surface area contributed by atoms with Crippen LogP contribution in [0.15, 0.2) is 42.7 Å². The molecule has 0 spiro atoms. The largest absolute Gasteiger partial charge is 0.470 e. The van der Waals surface area contributed by atoms with E-state index in [0.717, 1.165) is 12.8 Å². The van der Waals surface area contributed by atoms with Gasteiger partial charge in [-0.25, -0.2) is 9.97 Å². The first-order valence-electron chi connectivity index (χ1n) is 7.50. The summed E-state index contributed by atoms with van der Waals surface area (Å²) in [7, 11) is 0. The molecule has 3 rings (SSSR count). The monoisotopic (exact) mass is 308 g/mol. The second kappa shape index (κ2) is 6.88. The second-order valence-electron chi connectivity index (χ2n) is 5.32. The summed E-state index contributed by atoms with van der Waals surface area (Å²) in [5.41, 5.74) is 0.837. The molecule has 0 bridgehead atoms. The average Bonchev–Trinajstić information content (AvgIpc) is 2.62. The van der Waals surface area contributed by atoms with Crippen molar-refractivity contribution in [2.75, 3.05) is 13.1 Å². The fraction of sp³-hybridized carbons (Fsp3) is 0.294. The number of hydrogen-bond donors (Lipinski definition) is 0. The molecule has 1 amide bonds. The first-order chi connectivity index (χ1) is 11.3. The van der Waals surface area contributed by atoms with Crippen LogP contribution in [0.25, 0.3) is 0 Å². The first kappa shape index (κ1) is 15.0. The minimum Gasteiger partial charge on any atom is -0.470 e. The third-order valence-corrected chi connectivity index (χ3v) is 3.73. The van der Waals surface area contributed by atoms with E-state index in [0.29, 0.717) is 18.7 Å². The summed E-state index contributed by atoms with van der Waals surface area (Å²) in [6, 6.07) is 11.2. The van der Waals surface area contributed by atoms with Gasteiger partial charge >= 0.3 is 0 Å². The molecule has 1 aliphatic heterocycles. The van der Waals surface area contributed by atoms with Gasteiger partial charge in [0.1, 0.15) is 12.2 Å². The molecule has 0 unspecified atom stereocenters. The highest BCUT2D eigenvalue weighted by atomic mass is 16.5. The molecule has 0 aliphatic carbocycles. The van der Waals surface area contributed by atoms with Gasteiger partial charge in [-0.1, -0.05) is 18.2 Å². The second-order valence-corrected chi connectivity index (χ2v) is 5.32. The summed E-state index contributed by atoms with van der Waals surface area (Å²) in [5.74, 6) is 0.229. The number of carbonyl (C=O) groups excluding carboxylic acids is 1. The van der Waals surface area contributed by atoms with E-state index in [9.17, 15) is 4.79 Å². The van der Waals surface area contributed by atoms with Gasteiger partial charge in [-0.05, 0) is 25.0 Å². The zero-order valence-electron chi connectivity index (χ0n) is 12.6. The molecular weight excluding hydrogens is 292 g/mol. The van der Waals surface area contributed by atoms with Gasteiger partial charge in [0.05, 0.1) is 6.54 Å². The summed E-state index contributed by atoms with van der Waals surface area (Å²) < 4.78 is 5.80. The van der Waals surface area contributed by atoms with Crippen molar-refractivity contribution in [1.29, 1.82) is 5.26 Å². The van der Waals surface area contributed by atoms with E-state index in [-0.39, 0.29) is 23.6 Å². The van der Waals surface area contributed by atoms with Crippen molar-refractivity contribution in [3.05, 3.63) is 54.0 Å². The van der Waals surface area contributed by atoms with Crippen molar-refractivity contribution in [3.8, 4) is 11.9 Å². The molecule has 1 aliphatic rings. The van der Waals surface area contributed by atoms with Crippen LogP contribution in [-0.2, 0) is 0 Å². The van der Waals surface area contributed by atoms with E-state index in [2.05, 4.69) is 9.97 Å². The van der Waals surface area contributed by atoms with Crippen LogP contribution in [-0.4, -0.2) is 40.0 Å². The van der Waals surface area contributed by atoms with Gasteiger partial charge < -0.3 is 9.64 Å². The van der Waals surface area contributed by atoms with Crippen LogP contribution in [0.5, 0.6) is 5.88 Å². The Bertz CT molecular complexity index is 727. The number of benzene rings is 1. The molecule has 1 fully saturated rings. The van der Waals surface area contributed by atoms with Crippen molar-refractivity contribution < 1.29 is 9.53 Å². The van der Waals surface area contributed by atoms with E-state index < -0.39 is 0 Å². The maximum absolute atomic E-state index is 12.5. The fourth-order valence-electron chi connectivity index (χ4n) is 2.63.